The average molecular weight is 300 g/mol. The Morgan fingerprint density at radius 2 is 2.33 bits per heavy atom. The molecule has 1 atom stereocenters. The Morgan fingerprint density at radius 3 is 2.95 bits per heavy atom. The fraction of sp³-hybridized carbons (Fsp3) is 0.385. The minimum absolute atomic E-state index is 0.00241. The van der Waals surface area contributed by atoms with E-state index in [2.05, 4.69) is 20.1 Å². The Labute approximate surface area is 119 Å². The van der Waals surface area contributed by atoms with E-state index >= 15 is 0 Å². The summed E-state index contributed by atoms with van der Waals surface area (Å²) in [5, 5.41) is 4.87. The topological polar surface area (TPSA) is 76.7 Å². The number of cyclic esters (lactones) is 1. The molecule has 0 spiro atoms. The summed E-state index contributed by atoms with van der Waals surface area (Å²) in [4.78, 5) is 22.6. The number of hydrogen-bond donors (Lipinski definition) is 2. The summed E-state index contributed by atoms with van der Waals surface area (Å²) in [6.07, 6.45) is -0.660. The first-order chi connectivity index (χ1) is 9.95. The lowest BCUT2D eigenvalue weighted by Crippen LogP contribution is -2.42. The second kappa shape index (κ2) is 6.38. The maximum absolute atomic E-state index is 12.3. The highest BCUT2D eigenvalue weighted by molar-refractivity contribution is 5.87. The van der Waals surface area contributed by atoms with E-state index in [1.165, 1.54) is 6.07 Å². The van der Waals surface area contributed by atoms with Crippen LogP contribution in [0.2, 0.25) is 0 Å². The van der Waals surface area contributed by atoms with Crippen LogP contribution in [0.5, 0.6) is 5.75 Å². The zero-order valence-corrected chi connectivity index (χ0v) is 11.2. The van der Waals surface area contributed by atoms with Gasteiger partial charge < -0.3 is 20.1 Å². The Hall–Kier alpha value is -2.38. The lowest BCUT2D eigenvalue weighted by molar-refractivity contribution is -0.123. The third-order valence-electron chi connectivity index (χ3n) is 2.87. The van der Waals surface area contributed by atoms with Crippen molar-refractivity contribution in [1.82, 2.24) is 10.6 Å². The van der Waals surface area contributed by atoms with Crippen LogP contribution in [0.4, 0.5) is 13.6 Å². The van der Waals surface area contributed by atoms with Crippen LogP contribution in [0, 0.1) is 6.92 Å². The number of aryl methyl sites for hydroxylation is 1. The zero-order valence-electron chi connectivity index (χ0n) is 11.2. The predicted octanol–water partition coefficient (Wildman–Crippen LogP) is 1.32. The molecule has 8 heteroatoms. The Bertz CT molecular complexity index is 551. The van der Waals surface area contributed by atoms with Gasteiger partial charge in [-0.2, -0.15) is 8.78 Å². The van der Waals surface area contributed by atoms with Gasteiger partial charge >= 0.3 is 12.7 Å². The molecular weight excluding hydrogens is 286 g/mol. The van der Waals surface area contributed by atoms with Gasteiger partial charge in [0, 0.05) is 12.1 Å². The highest BCUT2D eigenvalue weighted by Crippen LogP contribution is 2.22. The van der Waals surface area contributed by atoms with Gasteiger partial charge in [0.05, 0.1) is 0 Å². The number of hydrogen-bond acceptors (Lipinski definition) is 4. The fourth-order valence-corrected chi connectivity index (χ4v) is 1.89. The second-order valence-electron chi connectivity index (χ2n) is 4.50. The molecule has 1 fully saturated rings. The molecule has 0 aromatic heterocycles. The van der Waals surface area contributed by atoms with Crippen molar-refractivity contribution in [3.05, 3.63) is 29.3 Å². The van der Waals surface area contributed by atoms with Crippen molar-refractivity contribution in [3.63, 3.8) is 0 Å². The highest BCUT2D eigenvalue weighted by atomic mass is 19.3. The molecule has 114 valence electrons. The SMILES string of the molecule is Cc1ccc(OC(F)F)c(CNC(=O)C2COC(=O)N2)c1. The van der Waals surface area contributed by atoms with E-state index in [1.54, 1.807) is 19.1 Å². The van der Waals surface area contributed by atoms with Crippen LogP contribution in [-0.4, -0.2) is 31.3 Å². The Kier molecular flexibility index (Phi) is 4.56. The molecule has 6 nitrogen and oxygen atoms in total. The lowest BCUT2D eigenvalue weighted by atomic mass is 10.1. The van der Waals surface area contributed by atoms with Crippen LogP contribution in [0.15, 0.2) is 18.2 Å². The number of amides is 2. The average Bonchev–Trinajstić information content (AvgIpc) is 2.85. The van der Waals surface area contributed by atoms with E-state index in [9.17, 15) is 18.4 Å². The molecule has 2 rings (SSSR count). The standard InChI is InChI=1S/C13H14F2N2O4/c1-7-2-3-10(21-12(14)15)8(4-7)5-16-11(18)9-6-20-13(19)17-9/h2-4,9,12H,5-6H2,1H3,(H,16,18)(H,17,19). The van der Waals surface area contributed by atoms with Gasteiger partial charge in [-0.15, -0.1) is 0 Å². The number of ether oxygens (including phenoxy) is 2. The van der Waals surface area contributed by atoms with Crippen LogP contribution >= 0.6 is 0 Å². The smallest absolute Gasteiger partial charge is 0.407 e. The summed E-state index contributed by atoms with van der Waals surface area (Å²) in [6, 6.07) is 3.92. The molecule has 2 N–H and O–H groups in total. The monoisotopic (exact) mass is 300 g/mol. The van der Waals surface area contributed by atoms with Gasteiger partial charge in [-0.3, -0.25) is 4.79 Å². The molecule has 1 aromatic rings. The number of alkyl halides is 2. The first-order valence-corrected chi connectivity index (χ1v) is 6.21. The van der Waals surface area contributed by atoms with Crippen molar-refractivity contribution in [1.29, 1.82) is 0 Å². The van der Waals surface area contributed by atoms with E-state index < -0.39 is 24.7 Å². The van der Waals surface area contributed by atoms with Crippen LogP contribution < -0.4 is 15.4 Å². The molecule has 1 aliphatic heterocycles. The molecular formula is C13H14F2N2O4. The first-order valence-electron chi connectivity index (χ1n) is 6.21. The van der Waals surface area contributed by atoms with E-state index in [4.69, 9.17) is 0 Å². The minimum atomic E-state index is -2.94. The normalized spacial score (nSPS) is 17.3. The fourth-order valence-electron chi connectivity index (χ4n) is 1.89. The van der Waals surface area contributed by atoms with Crippen molar-refractivity contribution >= 4 is 12.0 Å². The number of alkyl carbamates (subject to hydrolysis) is 1. The van der Waals surface area contributed by atoms with Gasteiger partial charge in [0.1, 0.15) is 18.4 Å². The lowest BCUT2D eigenvalue weighted by Gasteiger charge is -2.13. The maximum Gasteiger partial charge on any atom is 0.407 e. The summed E-state index contributed by atoms with van der Waals surface area (Å²) in [5.41, 5.74) is 1.27. The quantitative estimate of drug-likeness (QED) is 0.860. The van der Waals surface area contributed by atoms with Gasteiger partial charge in [0.2, 0.25) is 5.91 Å². The van der Waals surface area contributed by atoms with Crippen molar-refractivity contribution in [2.24, 2.45) is 0 Å². The number of nitrogens with one attached hydrogen (secondary N) is 2. The molecule has 1 aromatic carbocycles. The van der Waals surface area contributed by atoms with Crippen molar-refractivity contribution in [2.75, 3.05) is 6.61 Å². The van der Waals surface area contributed by atoms with Gasteiger partial charge in [0.15, 0.2) is 0 Å². The minimum Gasteiger partial charge on any atom is -0.447 e. The van der Waals surface area contributed by atoms with Gasteiger partial charge in [-0.1, -0.05) is 17.7 Å². The van der Waals surface area contributed by atoms with Crippen molar-refractivity contribution in [3.8, 4) is 5.75 Å². The first kappa shape index (κ1) is 15.0. The van der Waals surface area contributed by atoms with E-state index in [0.29, 0.717) is 5.56 Å². The summed E-state index contributed by atoms with van der Waals surface area (Å²) < 4.78 is 33.6. The molecule has 0 bridgehead atoms. The van der Waals surface area contributed by atoms with Crippen LogP contribution in [0.25, 0.3) is 0 Å². The van der Waals surface area contributed by atoms with Crippen LogP contribution in [0.3, 0.4) is 0 Å². The number of rotatable bonds is 5. The van der Waals surface area contributed by atoms with Gasteiger partial charge in [0.25, 0.3) is 0 Å². The third kappa shape index (κ3) is 4.04. The number of halogens is 2. The Balaban J connectivity index is 2.00. The summed E-state index contributed by atoms with van der Waals surface area (Å²) in [5.74, 6) is -0.451. The molecule has 0 saturated carbocycles. The second-order valence-corrected chi connectivity index (χ2v) is 4.50. The molecule has 0 radical (unpaired) electrons. The third-order valence-corrected chi connectivity index (χ3v) is 2.87. The number of carbonyl (C=O) groups excluding carboxylic acids is 2. The number of carbonyl (C=O) groups is 2. The molecule has 1 unspecified atom stereocenters. The molecule has 1 heterocycles. The highest BCUT2D eigenvalue weighted by Gasteiger charge is 2.28. The molecule has 21 heavy (non-hydrogen) atoms. The molecule has 1 aliphatic rings. The van der Waals surface area contributed by atoms with Crippen LogP contribution in [-0.2, 0) is 16.1 Å². The zero-order chi connectivity index (χ0) is 15.4. The molecule has 2 amide bonds. The Morgan fingerprint density at radius 1 is 1.57 bits per heavy atom. The maximum atomic E-state index is 12.3. The van der Waals surface area contributed by atoms with Gasteiger partial charge in [-0.25, -0.2) is 4.79 Å². The summed E-state index contributed by atoms with van der Waals surface area (Å²) >= 11 is 0. The van der Waals surface area contributed by atoms with Crippen LogP contribution in [0.1, 0.15) is 11.1 Å². The molecule has 1 saturated heterocycles. The van der Waals surface area contributed by atoms with E-state index in [-0.39, 0.29) is 18.9 Å². The summed E-state index contributed by atoms with van der Waals surface area (Å²) in [6.45, 7) is -1.19. The van der Waals surface area contributed by atoms with Crippen molar-refractivity contribution < 1.29 is 27.8 Å². The van der Waals surface area contributed by atoms with Gasteiger partial charge in [-0.05, 0) is 13.0 Å². The summed E-state index contributed by atoms with van der Waals surface area (Å²) in [7, 11) is 0. The van der Waals surface area contributed by atoms with Crippen molar-refractivity contribution in [2.45, 2.75) is 26.1 Å². The van der Waals surface area contributed by atoms with E-state index in [0.717, 1.165) is 5.56 Å². The molecule has 0 aliphatic carbocycles. The number of benzene rings is 1. The van der Waals surface area contributed by atoms with E-state index in [1.807, 2.05) is 0 Å². The predicted molar refractivity (Wildman–Crippen MR) is 67.9 cm³/mol. The largest absolute Gasteiger partial charge is 0.447 e.